The summed E-state index contributed by atoms with van der Waals surface area (Å²) in [5, 5.41) is 12.3. The molecule has 0 fully saturated rings. The summed E-state index contributed by atoms with van der Waals surface area (Å²) in [5.74, 6) is -0.118. The van der Waals surface area contributed by atoms with Gasteiger partial charge in [0.15, 0.2) is 16.6 Å². The predicted molar refractivity (Wildman–Crippen MR) is 119 cm³/mol. The summed E-state index contributed by atoms with van der Waals surface area (Å²) >= 11 is 13.4. The molecular formula is C21H14Cl2N4O2S. The largest absolute Gasteiger partial charge is 0.322 e. The van der Waals surface area contributed by atoms with E-state index >= 15 is 0 Å². The lowest BCUT2D eigenvalue weighted by molar-refractivity contribution is 0.101. The fourth-order valence-corrected chi connectivity index (χ4v) is 4.06. The van der Waals surface area contributed by atoms with Crippen LogP contribution in [0.25, 0.3) is 5.65 Å². The number of thioether (sulfide) groups is 1. The van der Waals surface area contributed by atoms with E-state index in [1.807, 2.05) is 6.07 Å². The van der Waals surface area contributed by atoms with E-state index in [0.717, 1.165) is 0 Å². The first-order valence-corrected chi connectivity index (χ1v) is 10.6. The van der Waals surface area contributed by atoms with Gasteiger partial charge in [0.2, 0.25) is 0 Å². The highest BCUT2D eigenvalue weighted by Gasteiger charge is 2.14. The summed E-state index contributed by atoms with van der Waals surface area (Å²) in [5.41, 5.74) is 2.19. The number of amides is 1. The number of halogens is 2. The monoisotopic (exact) mass is 456 g/mol. The number of carbonyl (C=O) groups is 2. The van der Waals surface area contributed by atoms with Crippen molar-refractivity contribution in [2.75, 3.05) is 11.1 Å². The van der Waals surface area contributed by atoms with Crippen LogP contribution < -0.4 is 5.32 Å². The lowest BCUT2D eigenvalue weighted by Crippen LogP contribution is -2.11. The zero-order valence-corrected chi connectivity index (χ0v) is 17.7. The second-order valence-electron chi connectivity index (χ2n) is 6.29. The summed E-state index contributed by atoms with van der Waals surface area (Å²) in [6.45, 7) is 0. The number of anilines is 1. The molecule has 0 radical (unpaired) electrons. The van der Waals surface area contributed by atoms with E-state index in [0.29, 0.717) is 37.7 Å². The number of pyridine rings is 1. The Bertz CT molecular complexity index is 1230. The molecule has 1 amide bonds. The quantitative estimate of drug-likeness (QED) is 0.316. The summed E-state index contributed by atoms with van der Waals surface area (Å²) in [4.78, 5) is 24.8. The van der Waals surface area contributed by atoms with E-state index in [1.165, 1.54) is 11.8 Å². The molecule has 0 saturated heterocycles. The first-order chi connectivity index (χ1) is 14.5. The average Bonchev–Trinajstić information content (AvgIpc) is 3.16. The molecule has 0 aliphatic heterocycles. The number of hydrogen-bond acceptors (Lipinski definition) is 5. The molecule has 30 heavy (non-hydrogen) atoms. The Labute approximate surface area is 186 Å². The number of benzene rings is 2. The van der Waals surface area contributed by atoms with Gasteiger partial charge in [-0.05, 0) is 42.5 Å². The molecular weight excluding hydrogens is 443 g/mol. The molecule has 1 N–H and O–H groups in total. The smallest absolute Gasteiger partial charge is 0.255 e. The predicted octanol–water partition coefficient (Wildman–Crippen LogP) is 5.26. The molecule has 2 heterocycles. The van der Waals surface area contributed by atoms with Crippen LogP contribution in [0.3, 0.4) is 0 Å². The van der Waals surface area contributed by atoms with Crippen molar-refractivity contribution in [2.45, 2.75) is 5.16 Å². The third-order valence-corrected chi connectivity index (χ3v) is 5.66. The molecule has 0 saturated carbocycles. The van der Waals surface area contributed by atoms with Gasteiger partial charge in [-0.1, -0.05) is 53.2 Å². The zero-order chi connectivity index (χ0) is 21.1. The van der Waals surface area contributed by atoms with Crippen LogP contribution in [0.5, 0.6) is 0 Å². The van der Waals surface area contributed by atoms with Crippen molar-refractivity contribution in [3.8, 4) is 0 Å². The number of rotatable bonds is 6. The molecule has 0 spiro atoms. The number of ketones is 1. The van der Waals surface area contributed by atoms with Gasteiger partial charge in [-0.15, -0.1) is 10.2 Å². The number of carbonyl (C=O) groups excluding carboxylic acids is 2. The van der Waals surface area contributed by atoms with Crippen molar-refractivity contribution in [3.05, 3.63) is 88.0 Å². The van der Waals surface area contributed by atoms with Gasteiger partial charge in [-0.3, -0.25) is 14.0 Å². The summed E-state index contributed by atoms with van der Waals surface area (Å²) < 4.78 is 1.66. The van der Waals surface area contributed by atoms with Crippen LogP contribution in [0.2, 0.25) is 10.0 Å². The van der Waals surface area contributed by atoms with Gasteiger partial charge in [0.25, 0.3) is 5.91 Å². The molecule has 2 aromatic heterocycles. The average molecular weight is 457 g/mol. The van der Waals surface area contributed by atoms with Crippen molar-refractivity contribution in [2.24, 2.45) is 0 Å². The van der Waals surface area contributed by atoms with Gasteiger partial charge in [-0.2, -0.15) is 0 Å². The summed E-state index contributed by atoms with van der Waals surface area (Å²) in [7, 11) is 0. The Morgan fingerprint density at radius 1 is 0.967 bits per heavy atom. The molecule has 0 aliphatic rings. The molecule has 0 atom stereocenters. The Balaban J connectivity index is 1.40. The molecule has 150 valence electrons. The SMILES string of the molecule is O=C(CSc1nnc2c(Cl)cc(Cl)cn12)c1ccc(NC(=O)c2ccccc2)cc1. The highest BCUT2D eigenvalue weighted by Crippen LogP contribution is 2.25. The Morgan fingerprint density at radius 2 is 1.70 bits per heavy atom. The van der Waals surface area contributed by atoms with E-state index in [4.69, 9.17) is 23.2 Å². The van der Waals surface area contributed by atoms with Crippen LogP contribution in [0.15, 0.2) is 72.0 Å². The lowest BCUT2D eigenvalue weighted by atomic mass is 10.1. The molecule has 0 unspecified atom stereocenters. The highest BCUT2D eigenvalue weighted by molar-refractivity contribution is 7.99. The van der Waals surface area contributed by atoms with Gasteiger partial charge in [-0.25, -0.2) is 0 Å². The van der Waals surface area contributed by atoms with Crippen LogP contribution in [0.1, 0.15) is 20.7 Å². The summed E-state index contributed by atoms with van der Waals surface area (Å²) in [6.07, 6.45) is 1.65. The number of Topliss-reactive ketones (excluding diaryl/α,β-unsaturated/α-hetero) is 1. The minimum Gasteiger partial charge on any atom is -0.322 e. The van der Waals surface area contributed by atoms with Crippen LogP contribution in [0.4, 0.5) is 5.69 Å². The number of hydrogen-bond donors (Lipinski definition) is 1. The second-order valence-corrected chi connectivity index (χ2v) is 8.08. The van der Waals surface area contributed by atoms with E-state index in [2.05, 4.69) is 15.5 Å². The maximum atomic E-state index is 12.5. The van der Waals surface area contributed by atoms with Crippen molar-refractivity contribution < 1.29 is 9.59 Å². The van der Waals surface area contributed by atoms with Gasteiger partial charge < -0.3 is 5.32 Å². The van der Waals surface area contributed by atoms with E-state index in [-0.39, 0.29) is 17.4 Å². The van der Waals surface area contributed by atoms with Gasteiger partial charge in [0, 0.05) is 23.0 Å². The Hall–Kier alpha value is -2.87. The third kappa shape index (κ3) is 4.48. The van der Waals surface area contributed by atoms with E-state index in [9.17, 15) is 9.59 Å². The van der Waals surface area contributed by atoms with Crippen LogP contribution in [-0.2, 0) is 0 Å². The van der Waals surface area contributed by atoms with Crippen molar-refractivity contribution in [1.29, 1.82) is 0 Å². The molecule has 0 bridgehead atoms. The van der Waals surface area contributed by atoms with Crippen molar-refractivity contribution in [1.82, 2.24) is 14.6 Å². The maximum Gasteiger partial charge on any atom is 0.255 e. The Morgan fingerprint density at radius 3 is 2.43 bits per heavy atom. The normalized spacial score (nSPS) is 10.9. The topological polar surface area (TPSA) is 76.4 Å². The minimum absolute atomic E-state index is 0.0780. The third-order valence-electron chi connectivity index (χ3n) is 4.23. The van der Waals surface area contributed by atoms with E-state index in [1.54, 1.807) is 65.2 Å². The fraction of sp³-hybridized carbons (Fsp3) is 0.0476. The first kappa shape index (κ1) is 20.4. The standard InChI is InChI=1S/C21H14Cl2N4O2S/c22-15-10-17(23)19-25-26-21(27(19)11-15)30-12-18(28)13-6-8-16(9-7-13)24-20(29)14-4-2-1-3-5-14/h1-11H,12H2,(H,24,29). The van der Waals surface area contributed by atoms with Gasteiger partial charge in [0.05, 0.1) is 15.8 Å². The molecule has 2 aromatic carbocycles. The van der Waals surface area contributed by atoms with Gasteiger partial charge in [0.1, 0.15) is 0 Å². The maximum absolute atomic E-state index is 12.5. The number of nitrogens with one attached hydrogen (secondary N) is 1. The van der Waals surface area contributed by atoms with Gasteiger partial charge >= 0.3 is 0 Å². The number of fused-ring (bicyclic) bond motifs is 1. The van der Waals surface area contributed by atoms with Crippen LogP contribution in [0, 0.1) is 0 Å². The van der Waals surface area contributed by atoms with Crippen molar-refractivity contribution in [3.63, 3.8) is 0 Å². The van der Waals surface area contributed by atoms with Crippen LogP contribution >= 0.6 is 35.0 Å². The van der Waals surface area contributed by atoms with E-state index < -0.39 is 0 Å². The summed E-state index contributed by atoms with van der Waals surface area (Å²) in [6, 6.07) is 17.3. The molecule has 9 heteroatoms. The fourth-order valence-electron chi connectivity index (χ4n) is 2.75. The number of nitrogens with zero attached hydrogens (tertiary/aromatic N) is 3. The van der Waals surface area contributed by atoms with Crippen molar-refractivity contribution >= 4 is 58.0 Å². The second kappa shape index (κ2) is 8.87. The van der Waals surface area contributed by atoms with Crippen LogP contribution in [-0.4, -0.2) is 32.0 Å². The number of aromatic nitrogens is 3. The zero-order valence-electron chi connectivity index (χ0n) is 15.4. The lowest BCUT2D eigenvalue weighted by Gasteiger charge is -2.06. The minimum atomic E-state index is -0.207. The molecule has 6 nitrogen and oxygen atoms in total. The molecule has 0 aliphatic carbocycles. The molecule has 4 rings (SSSR count). The first-order valence-electron chi connectivity index (χ1n) is 8.83. The highest BCUT2D eigenvalue weighted by atomic mass is 35.5. The molecule has 4 aromatic rings. The Kier molecular flexibility index (Phi) is 6.03.